The van der Waals surface area contributed by atoms with Crippen molar-refractivity contribution in [3.05, 3.63) is 120 Å². The minimum absolute atomic E-state index is 0.198. The Hall–Kier alpha value is -4.91. The number of hydrogen-bond acceptors (Lipinski definition) is 5. The van der Waals surface area contributed by atoms with Crippen molar-refractivity contribution in [1.29, 1.82) is 0 Å². The van der Waals surface area contributed by atoms with Crippen LogP contribution in [0.3, 0.4) is 0 Å². The van der Waals surface area contributed by atoms with E-state index < -0.39 is 6.04 Å². The van der Waals surface area contributed by atoms with Gasteiger partial charge >= 0.3 is 0 Å². The Morgan fingerprint density at radius 2 is 1.76 bits per heavy atom. The third kappa shape index (κ3) is 4.43. The number of benzene rings is 3. The largest absolute Gasteiger partial charge is 0.457 e. The molecule has 37 heavy (non-hydrogen) atoms. The summed E-state index contributed by atoms with van der Waals surface area (Å²) in [5.41, 5.74) is 3.83. The number of aromatic nitrogens is 3. The highest BCUT2D eigenvalue weighted by Gasteiger charge is 2.33. The third-order valence-corrected chi connectivity index (χ3v) is 6.39. The van der Waals surface area contributed by atoms with Gasteiger partial charge in [-0.2, -0.15) is 5.10 Å². The van der Waals surface area contributed by atoms with E-state index in [1.54, 1.807) is 12.4 Å². The first kappa shape index (κ1) is 22.5. The van der Waals surface area contributed by atoms with Crippen LogP contribution in [0.2, 0.25) is 0 Å². The summed E-state index contributed by atoms with van der Waals surface area (Å²) in [5.74, 6) is 2.07. The Labute approximate surface area is 214 Å². The maximum absolute atomic E-state index is 13.8. The molecule has 182 valence electrons. The van der Waals surface area contributed by atoms with Crippen LogP contribution >= 0.6 is 0 Å². The number of carbonyl (C=O) groups excluding carboxylic acids is 1. The molecule has 1 aliphatic heterocycles. The van der Waals surface area contributed by atoms with E-state index in [0.717, 1.165) is 39.3 Å². The summed E-state index contributed by atoms with van der Waals surface area (Å²) in [6.07, 6.45) is 3.55. The van der Waals surface area contributed by atoms with Crippen molar-refractivity contribution in [2.75, 3.05) is 10.6 Å². The van der Waals surface area contributed by atoms with Gasteiger partial charge in [0.25, 0.3) is 5.91 Å². The Morgan fingerprint density at radius 1 is 0.919 bits per heavy atom. The van der Waals surface area contributed by atoms with E-state index in [9.17, 15) is 4.79 Å². The Kier molecular flexibility index (Phi) is 5.65. The first-order valence-electron chi connectivity index (χ1n) is 12.1. The summed E-state index contributed by atoms with van der Waals surface area (Å²) in [6.45, 7) is 3.86. The molecule has 0 aliphatic carbocycles. The van der Waals surface area contributed by atoms with Crippen molar-refractivity contribution >= 4 is 28.2 Å². The second-order valence-corrected chi connectivity index (χ2v) is 9.06. The Bertz CT molecular complexity index is 1660. The predicted octanol–water partition coefficient (Wildman–Crippen LogP) is 6.46. The molecule has 1 amide bonds. The molecule has 1 atom stereocenters. The van der Waals surface area contributed by atoms with Crippen LogP contribution in [0.15, 0.2) is 109 Å². The molecule has 0 saturated carbocycles. The monoisotopic (exact) mass is 487 g/mol. The fourth-order valence-corrected chi connectivity index (χ4v) is 4.73. The quantitative estimate of drug-likeness (QED) is 0.297. The second-order valence-electron chi connectivity index (χ2n) is 9.06. The molecule has 2 aromatic heterocycles. The van der Waals surface area contributed by atoms with Gasteiger partial charge in [-0.05, 0) is 67.3 Å². The van der Waals surface area contributed by atoms with Gasteiger partial charge in [-0.15, -0.1) is 0 Å². The van der Waals surface area contributed by atoms with E-state index in [1.165, 1.54) is 0 Å². The molecule has 5 aromatic rings. The number of nitrogens with zero attached hydrogens (tertiary/aromatic N) is 3. The van der Waals surface area contributed by atoms with E-state index in [-0.39, 0.29) is 5.91 Å². The summed E-state index contributed by atoms with van der Waals surface area (Å²) in [7, 11) is 0. The van der Waals surface area contributed by atoms with E-state index in [0.29, 0.717) is 17.0 Å². The van der Waals surface area contributed by atoms with E-state index >= 15 is 0 Å². The summed E-state index contributed by atoms with van der Waals surface area (Å²) < 4.78 is 7.96. The maximum atomic E-state index is 13.8. The third-order valence-electron chi connectivity index (χ3n) is 6.39. The summed E-state index contributed by atoms with van der Waals surface area (Å²) in [6, 6.07) is 26.7. The molecule has 1 unspecified atom stereocenters. The Morgan fingerprint density at radius 3 is 2.62 bits per heavy atom. The number of rotatable bonds is 5. The van der Waals surface area contributed by atoms with Gasteiger partial charge in [0.1, 0.15) is 23.4 Å². The predicted molar refractivity (Wildman–Crippen MR) is 145 cm³/mol. The number of ether oxygens (including phenoxy) is 1. The van der Waals surface area contributed by atoms with Gasteiger partial charge in [0.15, 0.2) is 0 Å². The lowest BCUT2D eigenvalue weighted by atomic mass is 9.94. The molecule has 7 heteroatoms. The van der Waals surface area contributed by atoms with Crippen LogP contribution < -0.4 is 15.4 Å². The smallest absolute Gasteiger partial charge is 0.255 e. The lowest BCUT2D eigenvalue weighted by Crippen LogP contribution is -2.31. The van der Waals surface area contributed by atoms with Crippen molar-refractivity contribution < 1.29 is 9.53 Å². The second kappa shape index (κ2) is 9.28. The number of allylic oxidation sites excluding steroid dienone is 1. The van der Waals surface area contributed by atoms with Crippen LogP contribution in [-0.4, -0.2) is 20.7 Å². The van der Waals surface area contributed by atoms with Gasteiger partial charge in [0.2, 0.25) is 0 Å². The zero-order chi connectivity index (χ0) is 25.4. The highest BCUT2D eigenvalue weighted by atomic mass is 16.5. The topological polar surface area (TPSA) is 81.1 Å². The number of fused-ring (bicyclic) bond motifs is 2. The molecule has 1 aliphatic rings. The number of carbonyl (C=O) groups is 1. The van der Waals surface area contributed by atoms with Crippen molar-refractivity contribution in [1.82, 2.24) is 14.8 Å². The summed E-state index contributed by atoms with van der Waals surface area (Å²) in [4.78, 5) is 18.0. The average molecular weight is 488 g/mol. The van der Waals surface area contributed by atoms with Crippen LogP contribution in [0.4, 0.5) is 11.5 Å². The molecule has 0 saturated heterocycles. The average Bonchev–Trinajstić information content (AvgIpc) is 3.28. The lowest BCUT2D eigenvalue weighted by molar-refractivity contribution is -0.113. The molecular formula is C30H25N5O2. The fraction of sp³-hybridized carbons (Fsp3) is 0.100. The summed E-state index contributed by atoms with van der Waals surface area (Å²) in [5, 5.41) is 13.2. The standard InChI is InChI=1S/C30H25N5O2/c1-19-15-27-32-20(2)28(30(36)33-24-12-11-23-18-31-14-13-21(23)16-24)29(35(27)34-19)22-7-6-10-26(17-22)37-25-8-4-3-5-9-25/h3-18,29,32H,1-2H3,(H,33,36). The molecule has 3 aromatic carbocycles. The zero-order valence-electron chi connectivity index (χ0n) is 20.5. The van der Waals surface area contributed by atoms with Gasteiger partial charge in [0, 0.05) is 35.2 Å². The van der Waals surface area contributed by atoms with Crippen molar-refractivity contribution in [2.45, 2.75) is 19.9 Å². The molecule has 0 bridgehead atoms. The SMILES string of the molecule is CC1=C(C(=O)Nc2ccc3cnccc3c2)C(c2cccc(Oc3ccccc3)c2)n2nc(C)cc2N1. The molecule has 6 rings (SSSR count). The number of pyridine rings is 1. The number of hydrogen-bond donors (Lipinski definition) is 2. The van der Waals surface area contributed by atoms with E-state index in [4.69, 9.17) is 9.84 Å². The minimum Gasteiger partial charge on any atom is -0.457 e. The van der Waals surface area contributed by atoms with Crippen LogP contribution in [-0.2, 0) is 4.79 Å². The zero-order valence-corrected chi connectivity index (χ0v) is 20.5. The molecule has 3 heterocycles. The van der Waals surface area contributed by atoms with Crippen LogP contribution in [0.1, 0.15) is 24.2 Å². The highest BCUT2D eigenvalue weighted by molar-refractivity contribution is 6.06. The van der Waals surface area contributed by atoms with Crippen molar-refractivity contribution in [3.63, 3.8) is 0 Å². The molecule has 0 spiro atoms. The van der Waals surface area contributed by atoms with Gasteiger partial charge in [0.05, 0.1) is 11.3 Å². The number of amides is 1. The van der Waals surface area contributed by atoms with E-state index in [2.05, 4.69) is 15.6 Å². The van der Waals surface area contributed by atoms with Crippen LogP contribution in [0.5, 0.6) is 11.5 Å². The van der Waals surface area contributed by atoms with Crippen LogP contribution in [0, 0.1) is 6.92 Å². The molecule has 0 fully saturated rings. The van der Waals surface area contributed by atoms with Gasteiger partial charge < -0.3 is 15.4 Å². The molecular weight excluding hydrogens is 462 g/mol. The number of anilines is 2. The van der Waals surface area contributed by atoms with Crippen molar-refractivity contribution in [3.8, 4) is 11.5 Å². The first-order valence-corrected chi connectivity index (χ1v) is 12.1. The van der Waals surface area contributed by atoms with Crippen molar-refractivity contribution in [2.24, 2.45) is 0 Å². The highest BCUT2D eigenvalue weighted by Crippen LogP contribution is 2.38. The summed E-state index contributed by atoms with van der Waals surface area (Å²) >= 11 is 0. The van der Waals surface area contributed by atoms with Gasteiger partial charge in [-0.1, -0.05) is 36.4 Å². The van der Waals surface area contributed by atoms with Gasteiger partial charge in [-0.25, -0.2) is 4.68 Å². The van der Waals surface area contributed by atoms with Gasteiger partial charge in [-0.3, -0.25) is 9.78 Å². The fourth-order valence-electron chi connectivity index (χ4n) is 4.73. The number of para-hydroxylation sites is 1. The normalized spacial score (nSPS) is 14.7. The number of nitrogens with one attached hydrogen (secondary N) is 2. The molecule has 7 nitrogen and oxygen atoms in total. The number of aryl methyl sites for hydroxylation is 1. The maximum Gasteiger partial charge on any atom is 0.255 e. The van der Waals surface area contributed by atoms with Crippen LogP contribution in [0.25, 0.3) is 10.8 Å². The lowest BCUT2D eigenvalue weighted by Gasteiger charge is -2.30. The van der Waals surface area contributed by atoms with E-state index in [1.807, 2.05) is 103 Å². The molecule has 0 radical (unpaired) electrons. The first-order chi connectivity index (χ1) is 18.0. The Balaban J connectivity index is 1.38. The molecule has 2 N–H and O–H groups in total. The minimum atomic E-state index is -0.436.